The van der Waals surface area contributed by atoms with Crippen LogP contribution in [0, 0.1) is 11.8 Å². The minimum absolute atomic E-state index is 0.720. The summed E-state index contributed by atoms with van der Waals surface area (Å²) in [7, 11) is 1.83. The molecule has 4 unspecified atom stereocenters. The first-order chi connectivity index (χ1) is 9.24. The van der Waals surface area contributed by atoms with Gasteiger partial charge in [0.25, 0.3) is 0 Å². The predicted molar refractivity (Wildman–Crippen MR) is 80.4 cm³/mol. The van der Waals surface area contributed by atoms with Gasteiger partial charge in [-0.15, -0.1) is 0 Å². The molecule has 1 aliphatic carbocycles. The number of rotatable bonds is 6. The minimum Gasteiger partial charge on any atom is -0.384 e. The van der Waals surface area contributed by atoms with Crippen molar-refractivity contribution in [2.45, 2.75) is 58.0 Å². The van der Waals surface area contributed by atoms with Crippen LogP contribution in [0.4, 0.5) is 0 Å². The lowest BCUT2D eigenvalue weighted by Gasteiger charge is -2.41. The molecule has 0 aromatic heterocycles. The lowest BCUT2D eigenvalue weighted by Crippen LogP contribution is -2.52. The largest absolute Gasteiger partial charge is 0.384 e. The number of likely N-dealkylation sites (tertiary alicyclic amines) is 1. The van der Waals surface area contributed by atoms with Crippen LogP contribution in [-0.2, 0) is 4.74 Å². The molecule has 0 aromatic rings. The molecule has 1 saturated heterocycles. The van der Waals surface area contributed by atoms with Crippen LogP contribution in [0.1, 0.15) is 46.0 Å². The van der Waals surface area contributed by atoms with Gasteiger partial charge in [-0.2, -0.15) is 0 Å². The molecule has 1 heterocycles. The van der Waals surface area contributed by atoms with Crippen molar-refractivity contribution in [2.24, 2.45) is 11.8 Å². The molecular weight excluding hydrogens is 236 g/mol. The van der Waals surface area contributed by atoms with E-state index in [1.807, 2.05) is 7.11 Å². The van der Waals surface area contributed by atoms with Gasteiger partial charge < -0.3 is 10.1 Å². The molecule has 112 valence electrons. The van der Waals surface area contributed by atoms with E-state index in [2.05, 4.69) is 24.1 Å². The van der Waals surface area contributed by atoms with Gasteiger partial charge in [-0.3, -0.25) is 4.90 Å². The van der Waals surface area contributed by atoms with E-state index in [1.165, 1.54) is 51.7 Å². The van der Waals surface area contributed by atoms with Crippen LogP contribution in [0.3, 0.4) is 0 Å². The Labute approximate surface area is 119 Å². The van der Waals surface area contributed by atoms with E-state index in [1.54, 1.807) is 0 Å². The molecule has 0 radical (unpaired) electrons. The monoisotopic (exact) mass is 268 g/mol. The van der Waals surface area contributed by atoms with Crippen molar-refractivity contribution >= 4 is 0 Å². The molecule has 0 bridgehead atoms. The number of hydrogen-bond donors (Lipinski definition) is 1. The molecule has 0 amide bonds. The average Bonchev–Trinajstić information content (AvgIpc) is 2.86. The summed E-state index contributed by atoms with van der Waals surface area (Å²) < 4.78 is 5.33. The fourth-order valence-electron chi connectivity index (χ4n) is 3.86. The van der Waals surface area contributed by atoms with Crippen molar-refractivity contribution < 1.29 is 4.74 Å². The Bertz CT molecular complexity index is 257. The normalized spacial score (nSPS) is 36.8. The Morgan fingerprint density at radius 2 is 2.11 bits per heavy atom. The first-order valence-electron chi connectivity index (χ1n) is 8.21. The number of nitrogens with one attached hydrogen (secondary N) is 1. The summed E-state index contributed by atoms with van der Waals surface area (Å²) in [5, 5.41) is 3.79. The fraction of sp³-hybridized carbons (Fsp3) is 1.00. The van der Waals surface area contributed by atoms with Crippen molar-refractivity contribution in [2.75, 3.05) is 33.4 Å². The Morgan fingerprint density at radius 3 is 2.84 bits per heavy atom. The molecule has 3 nitrogen and oxygen atoms in total. The van der Waals surface area contributed by atoms with Crippen molar-refractivity contribution in [1.29, 1.82) is 0 Å². The topological polar surface area (TPSA) is 24.5 Å². The smallest absolute Gasteiger partial charge is 0.0503 e. The quantitative estimate of drug-likeness (QED) is 0.801. The van der Waals surface area contributed by atoms with Gasteiger partial charge in [-0.25, -0.2) is 0 Å². The number of hydrogen-bond acceptors (Lipinski definition) is 3. The summed E-state index contributed by atoms with van der Waals surface area (Å²) in [4.78, 5) is 2.74. The summed E-state index contributed by atoms with van der Waals surface area (Å²) in [5.41, 5.74) is 0. The van der Waals surface area contributed by atoms with Crippen LogP contribution in [-0.4, -0.2) is 50.3 Å². The molecular formula is C16H32N2O. The molecule has 19 heavy (non-hydrogen) atoms. The zero-order chi connectivity index (χ0) is 13.7. The van der Waals surface area contributed by atoms with Crippen molar-refractivity contribution in [3.8, 4) is 0 Å². The molecule has 1 saturated carbocycles. The first kappa shape index (κ1) is 15.3. The van der Waals surface area contributed by atoms with E-state index in [-0.39, 0.29) is 0 Å². The second kappa shape index (κ2) is 7.61. The Hall–Kier alpha value is -0.120. The summed E-state index contributed by atoms with van der Waals surface area (Å²) in [5.74, 6) is 1.65. The van der Waals surface area contributed by atoms with Gasteiger partial charge in [-0.05, 0) is 57.0 Å². The third-order valence-electron chi connectivity index (χ3n) is 4.92. The lowest BCUT2D eigenvalue weighted by molar-refractivity contribution is 0.107. The number of nitrogens with zero attached hydrogens (tertiary/aromatic N) is 1. The molecule has 0 spiro atoms. The highest BCUT2D eigenvalue weighted by Gasteiger charge is 2.36. The van der Waals surface area contributed by atoms with Gasteiger partial charge in [-0.1, -0.05) is 13.8 Å². The second-order valence-corrected chi connectivity index (χ2v) is 6.65. The average molecular weight is 268 g/mol. The second-order valence-electron chi connectivity index (χ2n) is 6.65. The molecule has 0 aromatic carbocycles. The van der Waals surface area contributed by atoms with Gasteiger partial charge in [0.15, 0.2) is 0 Å². The van der Waals surface area contributed by atoms with Gasteiger partial charge in [0.1, 0.15) is 0 Å². The molecule has 1 aliphatic heterocycles. The Kier molecular flexibility index (Phi) is 6.11. The lowest BCUT2D eigenvalue weighted by atomic mass is 9.82. The highest BCUT2D eigenvalue weighted by Crippen LogP contribution is 2.31. The standard InChI is InChI=1S/C16H32N2O/c1-4-8-17-15-6-5-13(2)10-16(15)18-9-7-14(11-18)12-19-3/h13-17H,4-12H2,1-3H3. The van der Waals surface area contributed by atoms with E-state index < -0.39 is 0 Å². The molecule has 2 rings (SSSR count). The van der Waals surface area contributed by atoms with Gasteiger partial charge in [0.2, 0.25) is 0 Å². The maximum Gasteiger partial charge on any atom is 0.0503 e. The zero-order valence-corrected chi connectivity index (χ0v) is 13.0. The van der Waals surface area contributed by atoms with Crippen LogP contribution >= 0.6 is 0 Å². The maximum atomic E-state index is 5.33. The molecule has 2 aliphatic rings. The molecule has 3 heteroatoms. The predicted octanol–water partition coefficient (Wildman–Crippen LogP) is 2.51. The third-order valence-corrected chi connectivity index (χ3v) is 4.92. The van der Waals surface area contributed by atoms with Crippen LogP contribution in [0.5, 0.6) is 0 Å². The van der Waals surface area contributed by atoms with E-state index in [0.717, 1.165) is 30.5 Å². The van der Waals surface area contributed by atoms with Gasteiger partial charge in [0, 0.05) is 25.7 Å². The van der Waals surface area contributed by atoms with Gasteiger partial charge in [0.05, 0.1) is 6.61 Å². The van der Waals surface area contributed by atoms with Crippen LogP contribution in [0.2, 0.25) is 0 Å². The first-order valence-corrected chi connectivity index (χ1v) is 8.21. The minimum atomic E-state index is 0.720. The molecule has 1 N–H and O–H groups in total. The van der Waals surface area contributed by atoms with Gasteiger partial charge >= 0.3 is 0 Å². The van der Waals surface area contributed by atoms with Crippen LogP contribution < -0.4 is 5.32 Å². The van der Waals surface area contributed by atoms with E-state index >= 15 is 0 Å². The van der Waals surface area contributed by atoms with Crippen LogP contribution in [0.15, 0.2) is 0 Å². The zero-order valence-electron chi connectivity index (χ0n) is 13.0. The van der Waals surface area contributed by atoms with Crippen LogP contribution in [0.25, 0.3) is 0 Å². The Balaban J connectivity index is 1.90. The van der Waals surface area contributed by atoms with Crippen molar-refractivity contribution in [3.63, 3.8) is 0 Å². The number of methoxy groups -OCH3 is 1. The number of ether oxygens (including phenoxy) is 1. The molecule has 4 atom stereocenters. The van der Waals surface area contributed by atoms with E-state index in [0.29, 0.717) is 0 Å². The fourth-order valence-corrected chi connectivity index (χ4v) is 3.86. The maximum absolute atomic E-state index is 5.33. The summed E-state index contributed by atoms with van der Waals surface area (Å²) >= 11 is 0. The SMILES string of the molecule is CCCNC1CCC(C)CC1N1CCC(COC)C1. The van der Waals surface area contributed by atoms with E-state index in [9.17, 15) is 0 Å². The highest BCUT2D eigenvalue weighted by molar-refractivity contribution is 4.93. The summed E-state index contributed by atoms with van der Waals surface area (Å²) in [6, 6.07) is 1.48. The summed E-state index contributed by atoms with van der Waals surface area (Å²) in [6.45, 7) is 9.31. The van der Waals surface area contributed by atoms with Crippen molar-refractivity contribution in [1.82, 2.24) is 10.2 Å². The van der Waals surface area contributed by atoms with Crippen molar-refractivity contribution in [3.05, 3.63) is 0 Å². The summed E-state index contributed by atoms with van der Waals surface area (Å²) in [6.07, 6.45) is 6.69. The molecule has 2 fully saturated rings. The highest BCUT2D eigenvalue weighted by atomic mass is 16.5. The third kappa shape index (κ3) is 4.17. The van der Waals surface area contributed by atoms with E-state index in [4.69, 9.17) is 4.74 Å². The Morgan fingerprint density at radius 1 is 1.26 bits per heavy atom.